The third-order valence-corrected chi connectivity index (χ3v) is 1.67. The van der Waals surface area contributed by atoms with Crippen molar-refractivity contribution in [2.24, 2.45) is 0 Å². The zero-order valence-electron chi connectivity index (χ0n) is 8.08. The molecule has 0 aliphatic rings. The van der Waals surface area contributed by atoms with Gasteiger partial charge in [0.2, 0.25) is 5.91 Å². The van der Waals surface area contributed by atoms with Gasteiger partial charge in [-0.25, -0.2) is 0 Å². The molecule has 0 bridgehead atoms. The van der Waals surface area contributed by atoms with E-state index in [-0.39, 0.29) is 19.1 Å². The Bertz CT molecular complexity index is 148. The first-order valence-electron chi connectivity index (χ1n) is 4.41. The lowest BCUT2D eigenvalue weighted by atomic mass is 10.2. The van der Waals surface area contributed by atoms with Crippen molar-refractivity contribution < 1.29 is 15.0 Å². The minimum atomic E-state index is -0.433. The summed E-state index contributed by atoms with van der Waals surface area (Å²) < 4.78 is 0. The summed E-state index contributed by atoms with van der Waals surface area (Å²) in [6.07, 6.45) is 0. The molecule has 0 aliphatic carbocycles. The average molecular weight is 190 g/mol. The monoisotopic (exact) mass is 190 g/mol. The van der Waals surface area contributed by atoms with Gasteiger partial charge in [-0.1, -0.05) is 0 Å². The van der Waals surface area contributed by atoms with E-state index in [0.29, 0.717) is 6.54 Å². The summed E-state index contributed by atoms with van der Waals surface area (Å²) in [5.41, 5.74) is 0. The Hall–Kier alpha value is -0.650. The second-order valence-corrected chi connectivity index (χ2v) is 2.85. The summed E-state index contributed by atoms with van der Waals surface area (Å²) in [7, 11) is 0. The maximum Gasteiger partial charge on any atom is 0.236 e. The molecule has 4 N–H and O–H groups in total. The molecule has 13 heavy (non-hydrogen) atoms. The molecule has 0 radical (unpaired) electrons. The molecule has 1 unspecified atom stereocenters. The smallest absolute Gasteiger partial charge is 0.236 e. The third-order valence-electron chi connectivity index (χ3n) is 1.67. The van der Waals surface area contributed by atoms with Gasteiger partial charge >= 0.3 is 0 Å². The third kappa shape index (κ3) is 4.82. The highest BCUT2D eigenvalue weighted by atomic mass is 16.3. The van der Waals surface area contributed by atoms with Crippen molar-refractivity contribution in [3.8, 4) is 0 Å². The van der Waals surface area contributed by atoms with Gasteiger partial charge in [-0.05, 0) is 13.8 Å². The van der Waals surface area contributed by atoms with Gasteiger partial charge in [0.25, 0.3) is 0 Å². The molecule has 0 aromatic carbocycles. The van der Waals surface area contributed by atoms with Crippen molar-refractivity contribution in [2.45, 2.75) is 25.9 Å². The summed E-state index contributed by atoms with van der Waals surface area (Å²) in [5.74, 6) is -0.130. The number of hydrogen-bond acceptors (Lipinski definition) is 4. The van der Waals surface area contributed by atoms with Crippen molar-refractivity contribution in [2.75, 3.05) is 19.8 Å². The molecule has 0 heterocycles. The molecular formula is C8H18N2O3. The zero-order chi connectivity index (χ0) is 10.3. The summed E-state index contributed by atoms with van der Waals surface area (Å²) in [6.45, 7) is 3.73. The first kappa shape index (κ1) is 12.3. The molecule has 0 rings (SSSR count). The van der Waals surface area contributed by atoms with Gasteiger partial charge in [0, 0.05) is 6.54 Å². The summed E-state index contributed by atoms with van der Waals surface area (Å²) in [5, 5.41) is 22.9. The van der Waals surface area contributed by atoms with E-state index in [1.54, 1.807) is 6.92 Å². The Balaban J connectivity index is 3.82. The van der Waals surface area contributed by atoms with E-state index in [2.05, 4.69) is 10.6 Å². The van der Waals surface area contributed by atoms with Gasteiger partial charge in [0.15, 0.2) is 0 Å². The fourth-order valence-corrected chi connectivity index (χ4v) is 0.920. The number of carbonyl (C=O) groups is 1. The molecule has 0 fully saturated rings. The van der Waals surface area contributed by atoms with Crippen LogP contribution >= 0.6 is 0 Å². The van der Waals surface area contributed by atoms with Crippen molar-refractivity contribution in [1.82, 2.24) is 10.6 Å². The highest BCUT2D eigenvalue weighted by Crippen LogP contribution is 1.87. The van der Waals surface area contributed by atoms with E-state index in [9.17, 15) is 4.79 Å². The Morgan fingerprint density at radius 3 is 2.31 bits per heavy atom. The molecule has 0 aromatic rings. The van der Waals surface area contributed by atoms with E-state index >= 15 is 0 Å². The SMILES string of the molecule is CCNC(=O)C(C)NC(CO)CO. The highest BCUT2D eigenvalue weighted by molar-refractivity contribution is 5.81. The predicted molar refractivity (Wildman–Crippen MR) is 49.2 cm³/mol. The zero-order valence-corrected chi connectivity index (χ0v) is 8.08. The first-order chi connectivity index (χ1) is 6.15. The van der Waals surface area contributed by atoms with Gasteiger partial charge < -0.3 is 15.5 Å². The molecule has 0 saturated carbocycles. The number of aliphatic hydroxyl groups is 2. The van der Waals surface area contributed by atoms with Crippen molar-refractivity contribution in [1.29, 1.82) is 0 Å². The van der Waals surface area contributed by atoms with Crippen LogP contribution in [0.5, 0.6) is 0 Å². The second-order valence-electron chi connectivity index (χ2n) is 2.85. The van der Waals surface area contributed by atoms with Crippen molar-refractivity contribution in [3.63, 3.8) is 0 Å². The van der Waals surface area contributed by atoms with Crippen LogP contribution in [0.4, 0.5) is 0 Å². The molecule has 1 amide bonds. The number of rotatable bonds is 6. The summed E-state index contributed by atoms with van der Waals surface area (Å²) >= 11 is 0. The van der Waals surface area contributed by atoms with Crippen LogP contribution in [0.1, 0.15) is 13.8 Å². The first-order valence-corrected chi connectivity index (χ1v) is 4.41. The van der Waals surface area contributed by atoms with Crippen LogP contribution < -0.4 is 10.6 Å². The standard InChI is InChI=1S/C8H18N2O3/c1-3-9-8(13)6(2)10-7(4-11)5-12/h6-7,10-12H,3-5H2,1-2H3,(H,9,13). The molecule has 0 aliphatic heterocycles. The number of aliphatic hydroxyl groups excluding tert-OH is 2. The summed E-state index contributed by atoms with van der Waals surface area (Å²) in [6, 6.07) is -0.832. The van der Waals surface area contributed by atoms with Gasteiger partial charge in [0.05, 0.1) is 25.3 Å². The van der Waals surface area contributed by atoms with Crippen LogP contribution in [-0.2, 0) is 4.79 Å². The molecule has 0 aromatic heterocycles. The Morgan fingerprint density at radius 2 is 1.92 bits per heavy atom. The molecule has 78 valence electrons. The topological polar surface area (TPSA) is 81.6 Å². The maximum absolute atomic E-state index is 11.2. The number of amides is 1. The van der Waals surface area contributed by atoms with E-state index in [1.807, 2.05) is 6.92 Å². The second kappa shape index (κ2) is 6.82. The number of likely N-dealkylation sites (N-methyl/N-ethyl adjacent to an activating group) is 1. The van der Waals surface area contributed by atoms with Crippen LogP contribution in [0.15, 0.2) is 0 Å². The Morgan fingerprint density at radius 1 is 1.38 bits per heavy atom. The largest absolute Gasteiger partial charge is 0.395 e. The fraction of sp³-hybridized carbons (Fsp3) is 0.875. The van der Waals surface area contributed by atoms with Crippen LogP contribution in [0.25, 0.3) is 0 Å². The molecule has 0 spiro atoms. The number of hydrogen-bond donors (Lipinski definition) is 4. The Labute approximate surface area is 78.1 Å². The molecule has 0 saturated heterocycles. The average Bonchev–Trinajstić information content (AvgIpc) is 2.14. The molecule has 5 nitrogen and oxygen atoms in total. The van der Waals surface area contributed by atoms with Gasteiger partial charge in [-0.15, -0.1) is 0 Å². The molecular weight excluding hydrogens is 172 g/mol. The highest BCUT2D eigenvalue weighted by Gasteiger charge is 2.15. The Kier molecular flexibility index (Phi) is 6.48. The van der Waals surface area contributed by atoms with E-state index < -0.39 is 12.1 Å². The lowest BCUT2D eigenvalue weighted by molar-refractivity contribution is -0.122. The van der Waals surface area contributed by atoms with Gasteiger partial charge in [0.1, 0.15) is 0 Å². The normalized spacial score (nSPS) is 13.0. The van der Waals surface area contributed by atoms with Crippen molar-refractivity contribution >= 4 is 5.91 Å². The van der Waals surface area contributed by atoms with Crippen molar-refractivity contribution in [3.05, 3.63) is 0 Å². The molecule has 1 atom stereocenters. The van der Waals surface area contributed by atoms with Gasteiger partial charge in [-0.3, -0.25) is 10.1 Å². The minimum Gasteiger partial charge on any atom is -0.395 e. The quantitative estimate of drug-likeness (QED) is 0.409. The lowest BCUT2D eigenvalue weighted by Gasteiger charge is -2.18. The van der Waals surface area contributed by atoms with Gasteiger partial charge in [-0.2, -0.15) is 0 Å². The summed E-state index contributed by atoms with van der Waals surface area (Å²) in [4.78, 5) is 11.2. The minimum absolute atomic E-state index is 0.130. The van der Waals surface area contributed by atoms with E-state index in [4.69, 9.17) is 10.2 Å². The number of carbonyl (C=O) groups excluding carboxylic acids is 1. The predicted octanol–water partition coefficient (Wildman–Crippen LogP) is -1.55. The van der Waals surface area contributed by atoms with Crippen LogP contribution in [-0.4, -0.2) is 48.0 Å². The van der Waals surface area contributed by atoms with E-state index in [1.165, 1.54) is 0 Å². The molecule has 5 heteroatoms. The van der Waals surface area contributed by atoms with Crippen LogP contribution in [0.3, 0.4) is 0 Å². The fourth-order valence-electron chi connectivity index (χ4n) is 0.920. The van der Waals surface area contributed by atoms with E-state index in [0.717, 1.165) is 0 Å². The lowest BCUT2D eigenvalue weighted by Crippen LogP contribution is -2.49. The van der Waals surface area contributed by atoms with Crippen LogP contribution in [0.2, 0.25) is 0 Å². The maximum atomic E-state index is 11.2. The van der Waals surface area contributed by atoms with Crippen LogP contribution in [0, 0.1) is 0 Å². The number of nitrogens with one attached hydrogen (secondary N) is 2.